The van der Waals surface area contributed by atoms with Gasteiger partial charge in [0.1, 0.15) is 40.8 Å². The minimum atomic E-state index is -0.670. The smallest absolute Gasteiger partial charge is 0.310 e. The lowest BCUT2D eigenvalue weighted by molar-refractivity contribution is -0.384. The SMILES string of the molecule is CC(=O)Nc1ccc(C)c(C#N)c1N.CC(=O)Nc1ccc(C)c(C#N)c1[N+](=O)[O-].Cc1nc2c(C#N)c(C)ccc2[nH]1. The number of amides is 2. The van der Waals surface area contributed by atoms with Crippen LogP contribution >= 0.6 is 0 Å². The van der Waals surface area contributed by atoms with E-state index in [9.17, 15) is 19.7 Å². The van der Waals surface area contributed by atoms with Crippen molar-refractivity contribution >= 4 is 45.6 Å². The van der Waals surface area contributed by atoms with Crippen LogP contribution in [0.1, 0.15) is 53.1 Å². The molecule has 0 fully saturated rings. The zero-order chi connectivity index (χ0) is 32.4. The van der Waals surface area contributed by atoms with Crippen LogP contribution in [0.3, 0.4) is 0 Å². The molecule has 0 aliphatic carbocycles. The van der Waals surface area contributed by atoms with Crippen molar-refractivity contribution in [1.82, 2.24) is 9.97 Å². The summed E-state index contributed by atoms with van der Waals surface area (Å²) in [5.41, 5.74) is 11.2. The van der Waals surface area contributed by atoms with Crippen LogP contribution in [0.4, 0.5) is 22.7 Å². The van der Waals surface area contributed by atoms with Gasteiger partial charge in [0.2, 0.25) is 11.8 Å². The number of nitriles is 3. The van der Waals surface area contributed by atoms with E-state index in [0.717, 1.165) is 28.0 Å². The summed E-state index contributed by atoms with van der Waals surface area (Å²) in [7, 11) is 0. The molecule has 0 radical (unpaired) electrons. The van der Waals surface area contributed by atoms with Gasteiger partial charge in [-0.25, -0.2) is 4.98 Å². The largest absolute Gasteiger partial charge is 0.396 e. The first-order valence-corrected chi connectivity index (χ1v) is 12.6. The van der Waals surface area contributed by atoms with Gasteiger partial charge in [-0.1, -0.05) is 18.2 Å². The van der Waals surface area contributed by atoms with Crippen LogP contribution in [-0.2, 0) is 9.59 Å². The molecule has 4 rings (SSSR count). The Kier molecular flexibility index (Phi) is 11.0. The van der Waals surface area contributed by atoms with Gasteiger partial charge in [-0.05, 0) is 62.6 Å². The second-order valence-electron chi connectivity index (χ2n) is 9.30. The van der Waals surface area contributed by atoms with Gasteiger partial charge in [0.25, 0.3) is 0 Å². The van der Waals surface area contributed by atoms with Crippen molar-refractivity contribution in [3.05, 3.63) is 85.7 Å². The number of aromatic nitrogens is 2. The Balaban J connectivity index is 0.000000226. The van der Waals surface area contributed by atoms with Crippen LogP contribution < -0.4 is 16.4 Å². The molecular weight excluding hydrogens is 550 g/mol. The molecule has 1 heterocycles. The average molecular weight is 580 g/mol. The predicted octanol–water partition coefficient (Wildman–Crippen LogP) is 5.19. The lowest BCUT2D eigenvalue weighted by Crippen LogP contribution is -2.09. The third kappa shape index (κ3) is 8.13. The Morgan fingerprint density at radius 1 is 0.814 bits per heavy atom. The molecule has 218 valence electrons. The molecule has 13 nitrogen and oxygen atoms in total. The van der Waals surface area contributed by atoms with Crippen molar-refractivity contribution in [2.75, 3.05) is 16.4 Å². The molecule has 5 N–H and O–H groups in total. The van der Waals surface area contributed by atoms with Gasteiger partial charge in [0.15, 0.2) is 0 Å². The molecule has 0 saturated heterocycles. The van der Waals surface area contributed by atoms with Gasteiger partial charge < -0.3 is 21.4 Å². The summed E-state index contributed by atoms with van der Waals surface area (Å²) in [6.45, 7) is 9.84. The van der Waals surface area contributed by atoms with Gasteiger partial charge in [-0.3, -0.25) is 19.7 Å². The number of carbonyl (C=O) groups is 2. The first-order chi connectivity index (χ1) is 20.2. The van der Waals surface area contributed by atoms with E-state index in [1.54, 1.807) is 38.1 Å². The minimum Gasteiger partial charge on any atom is -0.396 e. The molecule has 0 bridgehead atoms. The molecule has 0 saturated carbocycles. The highest BCUT2D eigenvalue weighted by molar-refractivity contribution is 5.94. The lowest BCUT2D eigenvalue weighted by atomic mass is 10.1. The molecule has 2 amide bonds. The molecular formula is C30H29N9O4. The van der Waals surface area contributed by atoms with Crippen molar-refractivity contribution in [1.29, 1.82) is 15.8 Å². The predicted molar refractivity (Wildman–Crippen MR) is 162 cm³/mol. The second kappa shape index (κ2) is 14.4. The number of carbonyl (C=O) groups excluding carboxylic acids is 2. The highest BCUT2D eigenvalue weighted by atomic mass is 16.6. The fraction of sp³-hybridized carbons (Fsp3) is 0.200. The molecule has 3 aromatic carbocycles. The van der Waals surface area contributed by atoms with E-state index in [4.69, 9.17) is 21.5 Å². The molecule has 0 aliphatic rings. The van der Waals surface area contributed by atoms with Crippen LogP contribution in [0, 0.1) is 71.8 Å². The van der Waals surface area contributed by atoms with Crippen molar-refractivity contribution in [3.63, 3.8) is 0 Å². The van der Waals surface area contributed by atoms with E-state index in [2.05, 4.69) is 26.7 Å². The molecule has 13 heteroatoms. The van der Waals surface area contributed by atoms with E-state index < -0.39 is 10.8 Å². The molecule has 0 spiro atoms. The fourth-order valence-electron chi connectivity index (χ4n) is 3.93. The molecule has 43 heavy (non-hydrogen) atoms. The Morgan fingerprint density at radius 3 is 1.79 bits per heavy atom. The molecule has 0 unspecified atom stereocenters. The van der Waals surface area contributed by atoms with E-state index in [-0.39, 0.29) is 22.8 Å². The number of rotatable bonds is 3. The molecule has 4 aromatic rings. The van der Waals surface area contributed by atoms with Crippen molar-refractivity contribution in [2.24, 2.45) is 0 Å². The second-order valence-corrected chi connectivity index (χ2v) is 9.30. The monoisotopic (exact) mass is 579 g/mol. The Morgan fingerprint density at radius 2 is 1.28 bits per heavy atom. The molecule has 0 atom stereocenters. The number of aromatic amines is 1. The maximum absolute atomic E-state index is 10.9. The molecule has 0 aliphatic heterocycles. The standard InChI is InChI=1S/C10H9N3O3.C10H11N3O.C10H9N3/c1-6-3-4-9(12-7(2)14)10(13(15)16)8(6)5-11;1-6-3-4-9(13-7(2)14)10(12)8(6)5-11;1-6-3-4-9-10(8(6)5-11)13-7(2)12-9/h3-4H,1-2H3,(H,12,14);3-4H,12H2,1-2H3,(H,13,14);3-4H,1-2H3,(H,12,13). The topological polar surface area (TPSA) is 227 Å². The number of hydrogen-bond donors (Lipinski definition) is 4. The quantitative estimate of drug-likeness (QED) is 0.142. The van der Waals surface area contributed by atoms with Gasteiger partial charge in [-0.2, -0.15) is 15.8 Å². The van der Waals surface area contributed by atoms with Crippen molar-refractivity contribution in [3.8, 4) is 18.2 Å². The molecule has 1 aromatic heterocycles. The first kappa shape index (κ1) is 32.9. The summed E-state index contributed by atoms with van der Waals surface area (Å²) >= 11 is 0. The number of nitrogen functional groups attached to an aromatic ring is 1. The fourth-order valence-corrected chi connectivity index (χ4v) is 3.93. The van der Waals surface area contributed by atoms with Gasteiger partial charge >= 0.3 is 5.69 Å². The highest BCUT2D eigenvalue weighted by Crippen LogP contribution is 2.30. The van der Waals surface area contributed by atoms with Crippen molar-refractivity contribution in [2.45, 2.75) is 41.5 Å². The van der Waals surface area contributed by atoms with Crippen LogP contribution in [-0.4, -0.2) is 26.7 Å². The highest BCUT2D eigenvalue weighted by Gasteiger charge is 2.22. The minimum absolute atomic E-state index is 0.0312. The first-order valence-electron chi connectivity index (χ1n) is 12.6. The number of hydrogen-bond acceptors (Lipinski definition) is 9. The van der Waals surface area contributed by atoms with E-state index in [1.165, 1.54) is 19.9 Å². The number of nitrogens with zero attached hydrogens (tertiary/aromatic N) is 5. The number of benzene rings is 3. The number of fused-ring (bicyclic) bond motifs is 1. The number of nitrogens with two attached hydrogens (primary N) is 1. The summed E-state index contributed by atoms with van der Waals surface area (Å²) < 4.78 is 0. The number of imidazole rings is 1. The van der Waals surface area contributed by atoms with Crippen LogP contribution in [0.5, 0.6) is 0 Å². The third-order valence-corrected chi connectivity index (χ3v) is 5.96. The summed E-state index contributed by atoms with van der Waals surface area (Å²) in [6, 6.07) is 16.2. The van der Waals surface area contributed by atoms with Crippen LogP contribution in [0.25, 0.3) is 11.0 Å². The number of nitro groups is 1. The maximum Gasteiger partial charge on any atom is 0.310 e. The van der Waals surface area contributed by atoms with Crippen LogP contribution in [0.2, 0.25) is 0 Å². The van der Waals surface area contributed by atoms with Crippen LogP contribution in [0.15, 0.2) is 36.4 Å². The number of nitro benzene ring substituents is 1. The Labute approximate surface area is 247 Å². The maximum atomic E-state index is 10.9. The zero-order valence-corrected chi connectivity index (χ0v) is 24.4. The van der Waals surface area contributed by atoms with Crippen molar-refractivity contribution < 1.29 is 14.5 Å². The van der Waals surface area contributed by atoms with E-state index in [0.29, 0.717) is 28.1 Å². The lowest BCUT2D eigenvalue weighted by Gasteiger charge is -2.08. The zero-order valence-electron chi connectivity index (χ0n) is 24.4. The summed E-state index contributed by atoms with van der Waals surface area (Å²) in [5.74, 6) is 0.220. The average Bonchev–Trinajstić information content (AvgIpc) is 3.31. The number of anilines is 3. The number of H-pyrrole nitrogens is 1. The van der Waals surface area contributed by atoms with Gasteiger partial charge in [0, 0.05) is 13.8 Å². The van der Waals surface area contributed by atoms with E-state index >= 15 is 0 Å². The van der Waals surface area contributed by atoms with Gasteiger partial charge in [-0.15, -0.1) is 0 Å². The summed E-state index contributed by atoms with van der Waals surface area (Å²) in [4.78, 5) is 39.2. The Hall–Kier alpha value is -6.26. The number of nitrogens with one attached hydrogen (secondary N) is 3. The summed E-state index contributed by atoms with van der Waals surface area (Å²) in [5, 5.41) is 42.3. The van der Waals surface area contributed by atoms with E-state index in [1.807, 2.05) is 32.0 Å². The number of aryl methyl sites for hydroxylation is 4. The third-order valence-electron chi connectivity index (χ3n) is 5.96. The van der Waals surface area contributed by atoms with Gasteiger partial charge in [0.05, 0.1) is 32.9 Å². The summed E-state index contributed by atoms with van der Waals surface area (Å²) in [6.07, 6.45) is 0. The Bertz CT molecular complexity index is 1850. The normalized spacial score (nSPS) is 9.56.